The largest absolute Gasteiger partial charge is 0.478 e. The standard InChI is InChI=1S/C24H27ClN4O3/c1-5-28(6-2)22(30)20-16-26-29(18-10-8-7-9-11-18)21(20)27-23(31)24(3,4)32-19-14-12-17(25)13-15-19/h7-16H,5-6H2,1-4H3,(H,27,31). The van der Waals surface area contributed by atoms with Gasteiger partial charge in [0, 0.05) is 18.1 Å². The number of benzene rings is 2. The molecule has 1 aromatic heterocycles. The van der Waals surface area contributed by atoms with E-state index in [1.807, 2.05) is 44.2 Å². The first-order chi connectivity index (χ1) is 15.3. The number of para-hydroxylation sites is 1. The van der Waals surface area contributed by atoms with Crippen LogP contribution < -0.4 is 10.1 Å². The zero-order chi connectivity index (χ0) is 23.3. The number of carbonyl (C=O) groups excluding carboxylic acids is 2. The van der Waals surface area contributed by atoms with E-state index in [0.29, 0.717) is 35.2 Å². The van der Waals surface area contributed by atoms with E-state index in [4.69, 9.17) is 16.3 Å². The molecule has 0 spiro atoms. The quantitative estimate of drug-likeness (QED) is 0.530. The summed E-state index contributed by atoms with van der Waals surface area (Å²) in [5, 5.41) is 7.84. The molecule has 0 aliphatic heterocycles. The van der Waals surface area contributed by atoms with Crippen molar-refractivity contribution in [1.82, 2.24) is 14.7 Å². The van der Waals surface area contributed by atoms with Gasteiger partial charge >= 0.3 is 0 Å². The van der Waals surface area contributed by atoms with Crippen LogP contribution in [0.2, 0.25) is 5.02 Å². The second-order valence-electron chi connectivity index (χ2n) is 7.65. The first-order valence-corrected chi connectivity index (χ1v) is 10.8. The Morgan fingerprint density at radius 1 is 1.06 bits per heavy atom. The molecule has 1 heterocycles. The second kappa shape index (κ2) is 9.87. The van der Waals surface area contributed by atoms with Crippen LogP contribution in [-0.4, -0.2) is 45.2 Å². The Kier molecular flexibility index (Phi) is 7.20. The van der Waals surface area contributed by atoms with E-state index in [2.05, 4.69) is 10.4 Å². The van der Waals surface area contributed by atoms with E-state index in [-0.39, 0.29) is 5.91 Å². The van der Waals surface area contributed by atoms with E-state index in [0.717, 1.165) is 5.69 Å². The minimum atomic E-state index is -1.23. The van der Waals surface area contributed by atoms with E-state index in [9.17, 15) is 9.59 Å². The normalized spacial score (nSPS) is 11.2. The zero-order valence-electron chi connectivity index (χ0n) is 18.6. The average Bonchev–Trinajstić information content (AvgIpc) is 3.20. The Morgan fingerprint density at radius 2 is 1.69 bits per heavy atom. The first-order valence-electron chi connectivity index (χ1n) is 10.5. The lowest BCUT2D eigenvalue weighted by atomic mass is 10.1. The van der Waals surface area contributed by atoms with Crippen molar-refractivity contribution in [2.45, 2.75) is 33.3 Å². The lowest BCUT2D eigenvalue weighted by Gasteiger charge is -2.26. The molecule has 2 aromatic carbocycles. The molecule has 0 fully saturated rings. The van der Waals surface area contributed by atoms with Crippen LogP contribution in [0.5, 0.6) is 5.75 Å². The van der Waals surface area contributed by atoms with Gasteiger partial charge in [-0.15, -0.1) is 0 Å². The number of aromatic nitrogens is 2. The number of ether oxygens (including phenoxy) is 1. The summed E-state index contributed by atoms with van der Waals surface area (Å²) < 4.78 is 7.46. The monoisotopic (exact) mass is 454 g/mol. The molecule has 1 N–H and O–H groups in total. The summed E-state index contributed by atoms with van der Waals surface area (Å²) in [5.41, 5.74) is -0.194. The lowest BCUT2D eigenvalue weighted by Crippen LogP contribution is -2.43. The molecule has 0 saturated carbocycles. The third kappa shape index (κ3) is 5.11. The highest BCUT2D eigenvalue weighted by atomic mass is 35.5. The topological polar surface area (TPSA) is 76.5 Å². The summed E-state index contributed by atoms with van der Waals surface area (Å²) in [6.07, 6.45) is 1.48. The third-order valence-electron chi connectivity index (χ3n) is 5.02. The van der Waals surface area contributed by atoms with Gasteiger partial charge in [-0.1, -0.05) is 29.8 Å². The highest BCUT2D eigenvalue weighted by Gasteiger charge is 2.33. The van der Waals surface area contributed by atoms with Crippen LogP contribution in [0.15, 0.2) is 60.8 Å². The van der Waals surface area contributed by atoms with Crippen molar-refractivity contribution in [3.8, 4) is 11.4 Å². The SMILES string of the molecule is CCN(CC)C(=O)c1cnn(-c2ccccc2)c1NC(=O)C(C)(C)Oc1ccc(Cl)cc1. The fraction of sp³-hybridized carbons (Fsp3) is 0.292. The molecular weight excluding hydrogens is 428 g/mol. The van der Waals surface area contributed by atoms with Crippen molar-refractivity contribution in [2.24, 2.45) is 0 Å². The number of halogens is 1. The highest BCUT2D eigenvalue weighted by molar-refractivity contribution is 6.30. The minimum absolute atomic E-state index is 0.205. The molecule has 3 rings (SSSR count). The summed E-state index contributed by atoms with van der Waals surface area (Å²) in [4.78, 5) is 28.0. The van der Waals surface area contributed by atoms with Crippen LogP contribution in [0, 0.1) is 0 Å². The van der Waals surface area contributed by atoms with Crippen LogP contribution in [0.25, 0.3) is 5.69 Å². The first kappa shape index (κ1) is 23.3. The van der Waals surface area contributed by atoms with Crippen LogP contribution >= 0.6 is 11.6 Å². The number of carbonyl (C=O) groups is 2. The molecule has 0 bridgehead atoms. The van der Waals surface area contributed by atoms with Gasteiger partial charge in [-0.05, 0) is 64.1 Å². The maximum absolute atomic E-state index is 13.2. The van der Waals surface area contributed by atoms with Gasteiger partial charge in [0.15, 0.2) is 5.60 Å². The third-order valence-corrected chi connectivity index (χ3v) is 5.27. The van der Waals surface area contributed by atoms with Crippen LogP contribution in [0.4, 0.5) is 5.82 Å². The maximum Gasteiger partial charge on any atom is 0.269 e. The molecule has 0 atom stereocenters. The number of hydrogen-bond acceptors (Lipinski definition) is 4. The molecule has 0 aliphatic carbocycles. The fourth-order valence-corrected chi connectivity index (χ4v) is 3.30. The van der Waals surface area contributed by atoms with Crippen molar-refractivity contribution < 1.29 is 14.3 Å². The molecular formula is C24H27ClN4O3. The number of nitrogens with one attached hydrogen (secondary N) is 1. The zero-order valence-corrected chi connectivity index (χ0v) is 19.4. The average molecular weight is 455 g/mol. The predicted octanol–water partition coefficient (Wildman–Crippen LogP) is 4.80. The number of rotatable bonds is 8. The Balaban J connectivity index is 1.95. The number of nitrogens with zero attached hydrogens (tertiary/aromatic N) is 3. The summed E-state index contributed by atoms with van der Waals surface area (Å²) in [7, 11) is 0. The molecule has 0 aliphatic rings. The minimum Gasteiger partial charge on any atom is -0.478 e. The van der Waals surface area contributed by atoms with E-state index < -0.39 is 11.5 Å². The molecule has 3 aromatic rings. The molecule has 32 heavy (non-hydrogen) atoms. The second-order valence-corrected chi connectivity index (χ2v) is 8.09. The van der Waals surface area contributed by atoms with Gasteiger partial charge in [0.05, 0.1) is 11.9 Å². The number of anilines is 1. The van der Waals surface area contributed by atoms with Gasteiger partial charge < -0.3 is 15.0 Å². The summed E-state index contributed by atoms with van der Waals surface area (Å²) in [6.45, 7) is 8.22. The Hall–Kier alpha value is -3.32. The Morgan fingerprint density at radius 3 is 2.28 bits per heavy atom. The van der Waals surface area contributed by atoms with E-state index in [1.54, 1.807) is 47.7 Å². The molecule has 8 heteroatoms. The van der Waals surface area contributed by atoms with Crippen molar-refractivity contribution in [2.75, 3.05) is 18.4 Å². The maximum atomic E-state index is 13.2. The fourth-order valence-electron chi connectivity index (χ4n) is 3.17. The molecule has 2 amide bonds. The summed E-state index contributed by atoms with van der Waals surface area (Å²) in [5.74, 6) is 0.180. The Bertz CT molecular complexity index is 1070. The lowest BCUT2D eigenvalue weighted by molar-refractivity contribution is -0.128. The van der Waals surface area contributed by atoms with Crippen molar-refractivity contribution in [3.05, 3.63) is 71.4 Å². The van der Waals surface area contributed by atoms with Crippen LogP contribution in [0.1, 0.15) is 38.1 Å². The predicted molar refractivity (Wildman–Crippen MR) is 126 cm³/mol. The smallest absolute Gasteiger partial charge is 0.269 e. The van der Waals surface area contributed by atoms with Crippen LogP contribution in [0.3, 0.4) is 0 Å². The van der Waals surface area contributed by atoms with Crippen molar-refractivity contribution >= 4 is 29.2 Å². The van der Waals surface area contributed by atoms with Crippen molar-refractivity contribution in [1.29, 1.82) is 0 Å². The van der Waals surface area contributed by atoms with Gasteiger partial charge in [-0.25, -0.2) is 4.68 Å². The number of hydrogen-bond donors (Lipinski definition) is 1. The van der Waals surface area contributed by atoms with Gasteiger partial charge in [-0.2, -0.15) is 5.10 Å². The summed E-state index contributed by atoms with van der Waals surface area (Å²) >= 11 is 5.93. The highest BCUT2D eigenvalue weighted by Crippen LogP contribution is 2.26. The van der Waals surface area contributed by atoms with Crippen LogP contribution in [-0.2, 0) is 4.79 Å². The van der Waals surface area contributed by atoms with Gasteiger partial charge in [0.2, 0.25) is 0 Å². The van der Waals surface area contributed by atoms with Gasteiger partial charge in [0.25, 0.3) is 11.8 Å². The molecule has 7 nitrogen and oxygen atoms in total. The molecule has 0 saturated heterocycles. The molecule has 0 radical (unpaired) electrons. The van der Waals surface area contributed by atoms with Crippen molar-refractivity contribution in [3.63, 3.8) is 0 Å². The van der Waals surface area contributed by atoms with Gasteiger partial charge in [-0.3, -0.25) is 9.59 Å². The number of amides is 2. The molecule has 168 valence electrons. The van der Waals surface area contributed by atoms with Gasteiger partial charge in [0.1, 0.15) is 17.1 Å². The van der Waals surface area contributed by atoms with E-state index in [1.165, 1.54) is 6.20 Å². The summed E-state index contributed by atoms with van der Waals surface area (Å²) in [6, 6.07) is 16.1. The molecule has 0 unspecified atom stereocenters. The van der Waals surface area contributed by atoms with E-state index >= 15 is 0 Å². The Labute approximate surface area is 192 Å².